The van der Waals surface area contributed by atoms with Crippen LogP contribution >= 0.6 is 15.9 Å². The van der Waals surface area contributed by atoms with Crippen LogP contribution in [-0.4, -0.2) is 75.7 Å². The molecule has 3 heterocycles. The molecule has 2 N–H and O–H groups in total. The summed E-state index contributed by atoms with van der Waals surface area (Å²) >= 11 is 3.63. The lowest BCUT2D eigenvalue weighted by molar-refractivity contribution is -0.155. The number of hydrogen-bond acceptors (Lipinski definition) is 6. The molecule has 3 rings (SSSR count). The molecule has 2 bridgehead atoms. The molecule has 8 nitrogen and oxygen atoms in total. The molecule has 1 spiro atoms. The number of aliphatic hydroxyl groups is 1. The number of alkyl halides is 1. The third kappa shape index (κ3) is 3.98. The van der Waals surface area contributed by atoms with Crippen LogP contribution in [0.4, 0.5) is 0 Å². The fraction of sp³-hybridized carbons (Fsp3) is 0.870. The highest BCUT2D eigenvalue weighted by atomic mass is 79.9. The molecule has 9 atom stereocenters. The summed E-state index contributed by atoms with van der Waals surface area (Å²) in [7, 11) is 0. The van der Waals surface area contributed by atoms with E-state index in [0.29, 0.717) is 6.42 Å². The molecule has 0 aromatic carbocycles. The van der Waals surface area contributed by atoms with Crippen molar-refractivity contribution < 1.29 is 29.0 Å². The Morgan fingerprint density at radius 3 is 2.59 bits per heavy atom. The van der Waals surface area contributed by atoms with Crippen LogP contribution in [0.5, 0.6) is 0 Å². The van der Waals surface area contributed by atoms with Gasteiger partial charge >= 0.3 is 5.97 Å². The van der Waals surface area contributed by atoms with Crippen LogP contribution in [0.1, 0.15) is 60.3 Å². The summed E-state index contributed by atoms with van der Waals surface area (Å²) < 4.78 is 11.7. The van der Waals surface area contributed by atoms with Crippen LogP contribution in [0.2, 0.25) is 0 Å². The smallest absolute Gasteiger partial charge is 0.312 e. The Hall–Kier alpha value is -1.19. The van der Waals surface area contributed by atoms with Crippen LogP contribution in [0, 0.1) is 17.8 Å². The second-order valence-corrected chi connectivity index (χ2v) is 10.7. The van der Waals surface area contributed by atoms with E-state index in [-0.39, 0.29) is 41.8 Å². The molecule has 9 heteroatoms. The van der Waals surface area contributed by atoms with Crippen molar-refractivity contribution >= 4 is 33.7 Å². The lowest BCUT2D eigenvalue weighted by atomic mass is 9.70. The number of carbonyl (C=O) groups excluding carboxylic acids is 3. The number of hydrogen-bond donors (Lipinski definition) is 2. The van der Waals surface area contributed by atoms with Gasteiger partial charge in [0.1, 0.15) is 11.6 Å². The minimum atomic E-state index is -1.12. The Kier molecular flexibility index (Phi) is 7.93. The zero-order chi connectivity index (χ0) is 23.8. The first kappa shape index (κ1) is 25.4. The highest BCUT2D eigenvalue weighted by molar-refractivity contribution is 9.09. The number of nitrogens with zero attached hydrogens (tertiary/aromatic N) is 1. The Morgan fingerprint density at radius 1 is 1.34 bits per heavy atom. The SMILES string of the molecule is CCCC(C)NC(=O)[C@H]1N([C@@H](CO)[C@@H](C)CC)C(=O)[C@@H]2[C@@H](C(=O)OCC)[C@@H]3O[C@@]21CC3Br. The van der Waals surface area contributed by atoms with E-state index < -0.39 is 41.6 Å². The number of halogens is 1. The first-order valence-corrected chi connectivity index (χ1v) is 12.8. The standard InChI is InChI=1S/C23H37BrN2O6/c1-6-9-13(5)25-20(28)19-23-10-14(24)18(32-23)16(22(30)31-8-3)17(23)21(29)26(19)15(11-27)12(4)7-2/h12-19,27H,6-11H2,1-5H3,(H,25,28)/t12-,13?,14?,15-,16+,17-,18+,19+,23-/m0/s1. The van der Waals surface area contributed by atoms with Crippen molar-refractivity contribution in [1.82, 2.24) is 10.2 Å². The number of fused-ring (bicyclic) bond motifs is 1. The van der Waals surface area contributed by atoms with Crippen LogP contribution < -0.4 is 5.32 Å². The number of likely N-dealkylation sites (tertiary alicyclic amines) is 1. The van der Waals surface area contributed by atoms with Gasteiger partial charge in [0.25, 0.3) is 0 Å². The number of ether oxygens (including phenoxy) is 2. The molecule has 2 amide bonds. The zero-order valence-electron chi connectivity index (χ0n) is 19.7. The highest BCUT2D eigenvalue weighted by Crippen LogP contribution is 2.60. The maximum absolute atomic E-state index is 13.9. The number of carbonyl (C=O) groups is 3. The molecule has 32 heavy (non-hydrogen) atoms. The van der Waals surface area contributed by atoms with E-state index in [2.05, 4.69) is 28.2 Å². The minimum Gasteiger partial charge on any atom is -0.466 e. The van der Waals surface area contributed by atoms with E-state index in [0.717, 1.165) is 19.3 Å². The molecule has 0 saturated carbocycles. The lowest BCUT2D eigenvalue weighted by Gasteiger charge is -2.39. The van der Waals surface area contributed by atoms with Crippen molar-refractivity contribution in [2.45, 2.75) is 95.0 Å². The van der Waals surface area contributed by atoms with Crippen LogP contribution in [0.15, 0.2) is 0 Å². The topological polar surface area (TPSA) is 105 Å². The fourth-order valence-electron chi connectivity index (χ4n) is 5.87. The summed E-state index contributed by atoms with van der Waals surface area (Å²) in [6.45, 7) is 9.62. The quantitative estimate of drug-likeness (QED) is 0.340. The average Bonchev–Trinajstić information content (AvgIpc) is 3.32. The van der Waals surface area contributed by atoms with E-state index in [1.165, 1.54) is 4.90 Å². The molecule has 0 aliphatic carbocycles. The average molecular weight is 517 g/mol. The molecular formula is C23H37BrN2O6. The third-order valence-corrected chi connectivity index (χ3v) is 8.33. The molecule has 0 radical (unpaired) electrons. The number of nitrogens with one attached hydrogen (secondary N) is 1. The monoisotopic (exact) mass is 516 g/mol. The number of aliphatic hydroxyl groups excluding tert-OH is 1. The van der Waals surface area contributed by atoms with Crippen LogP contribution in [0.25, 0.3) is 0 Å². The summed E-state index contributed by atoms with van der Waals surface area (Å²) in [6, 6.07) is -1.51. The molecular weight excluding hydrogens is 480 g/mol. The molecule has 3 aliphatic heterocycles. The molecule has 182 valence electrons. The van der Waals surface area contributed by atoms with Crippen molar-refractivity contribution in [2.24, 2.45) is 17.8 Å². The van der Waals surface area contributed by atoms with Crippen molar-refractivity contribution in [1.29, 1.82) is 0 Å². The molecule has 3 fully saturated rings. The van der Waals surface area contributed by atoms with Crippen molar-refractivity contribution in [2.75, 3.05) is 13.2 Å². The van der Waals surface area contributed by atoms with Gasteiger partial charge in [-0.3, -0.25) is 14.4 Å². The number of esters is 1. The van der Waals surface area contributed by atoms with Crippen LogP contribution in [-0.2, 0) is 23.9 Å². The largest absolute Gasteiger partial charge is 0.466 e. The predicted octanol–water partition coefficient (Wildman–Crippen LogP) is 2.01. The minimum absolute atomic E-state index is 0.0273. The van der Waals surface area contributed by atoms with Crippen molar-refractivity contribution in [3.63, 3.8) is 0 Å². The van der Waals surface area contributed by atoms with Gasteiger partial charge < -0.3 is 24.8 Å². The molecule has 3 saturated heterocycles. The normalized spacial score (nSPS) is 36.0. The Balaban J connectivity index is 2.07. The fourth-order valence-corrected chi connectivity index (χ4v) is 6.82. The van der Waals surface area contributed by atoms with E-state index in [4.69, 9.17) is 9.47 Å². The van der Waals surface area contributed by atoms with E-state index in [1.807, 2.05) is 20.8 Å². The second kappa shape index (κ2) is 9.97. The van der Waals surface area contributed by atoms with Crippen molar-refractivity contribution in [3.05, 3.63) is 0 Å². The number of amides is 2. The third-order valence-electron chi connectivity index (χ3n) is 7.49. The first-order chi connectivity index (χ1) is 15.2. The van der Waals surface area contributed by atoms with Gasteiger partial charge in [0.05, 0.1) is 37.2 Å². The molecule has 3 aliphatic rings. The van der Waals surface area contributed by atoms with Gasteiger partial charge in [-0.2, -0.15) is 0 Å². The second-order valence-electron chi connectivity index (χ2n) is 9.49. The van der Waals surface area contributed by atoms with Crippen LogP contribution in [0.3, 0.4) is 0 Å². The zero-order valence-corrected chi connectivity index (χ0v) is 21.3. The van der Waals surface area contributed by atoms with Gasteiger partial charge in [-0.1, -0.05) is 49.5 Å². The molecule has 2 unspecified atom stereocenters. The van der Waals surface area contributed by atoms with Gasteiger partial charge in [0.15, 0.2) is 0 Å². The summed E-state index contributed by atoms with van der Waals surface area (Å²) in [5, 5.41) is 13.3. The first-order valence-electron chi connectivity index (χ1n) is 11.9. The molecule has 0 aromatic heterocycles. The van der Waals surface area contributed by atoms with Crippen molar-refractivity contribution in [3.8, 4) is 0 Å². The Bertz CT molecular complexity index is 735. The highest BCUT2D eigenvalue weighted by Gasteiger charge is 2.77. The maximum atomic E-state index is 13.9. The van der Waals surface area contributed by atoms with Gasteiger partial charge in [0.2, 0.25) is 11.8 Å². The van der Waals surface area contributed by atoms with Gasteiger partial charge in [-0.15, -0.1) is 0 Å². The Morgan fingerprint density at radius 2 is 2.03 bits per heavy atom. The summed E-state index contributed by atoms with van der Waals surface area (Å²) in [6.07, 6.45) is 2.39. The summed E-state index contributed by atoms with van der Waals surface area (Å²) in [5.41, 5.74) is -1.12. The summed E-state index contributed by atoms with van der Waals surface area (Å²) in [5.74, 6) is -2.64. The predicted molar refractivity (Wildman–Crippen MR) is 122 cm³/mol. The van der Waals surface area contributed by atoms with Gasteiger partial charge in [0, 0.05) is 10.9 Å². The van der Waals surface area contributed by atoms with Gasteiger partial charge in [-0.05, 0) is 32.6 Å². The van der Waals surface area contributed by atoms with Gasteiger partial charge in [-0.25, -0.2) is 0 Å². The maximum Gasteiger partial charge on any atom is 0.312 e. The summed E-state index contributed by atoms with van der Waals surface area (Å²) in [4.78, 5) is 41.8. The van der Waals surface area contributed by atoms with E-state index >= 15 is 0 Å². The van der Waals surface area contributed by atoms with E-state index in [9.17, 15) is 19.5 Å². The van der Waals surface area contributed by atoms with E-state index in [1.54, 1.807) is 6.92 Å². The number of rotatable bonds is 10. The Labute approximate surface area is 198 Å². The molecule has 0 aromatic rings. The lowest BCUT2D eigenvalue weighted by Crippen LogP contribution is -2.60.